The van der Waals surface area contributed by atoms with Gasteiger partial charge >= 0.3 is 0 Å². The van der Waals surface area contributed by atoms with Crippen molar-refractivity contribution >= 4 is 43.2 Å². The molecule has 0 aliphatic carbocycles. The van der Waals surface area contributed by atoms with Crippen molar-refractivity contribution in [1.29, 1.82) is 0 Å². The molecule has 34 heavy (non-hydrogen) atoms. The molecule has 2 heteroatoms. The second-order valence-electron chi connectivity index (χ2n) is 8.70. The summed E-state index contributed by atoms with van der Waals surface area (Å²) < 4.78 is 0. The Kier molecular flexibility index (Phi) is 4.18. The predicted octanol–water partition coefficient (Wildman–Crippen LogP) is 8.42. The zero-order chi connectivity index (χ0) is 22.5. The number of nitrogens with zero attached hydrogens (tertiary/aromatic N) is 2. The highest BCUT2D eigenvalue weighted by Gasteiger charge is 2.10. The molecule has 2 nitrogen and oxygen atoms in total. The Morgan fingerprint density at radius 2 is 1.18 bits per heavy atom. The molecule has 0 amide bonds. The molecule has 0 unspecified atom stereocenters. The number of rotatable bonds is 2. The van der Waals surface area contributed by atoms with E-state index in [9.17, 15) is 0 Å². The molecule has 0 aliphatic heterocycles. The van der Waals surface area contributed by atoms with Crippen molar-refractivity contribution in [3.63, 3.8) is 0 Å². The van der Waals surface area contributed by atoms with Crippen LogP contribution in [0.5, 0.6) is 0 Å². The van der Waals surface area contributed by atoms with Crippen LogP contribution in [0.25, 0.3) is 65.6 Å². The normalized spacial score (nSPS) is 11.5. The van der Waals surface area contributed by atoms with Gasteiger partial charge in [-0.05, 0) is 68.4 Å². The van der Waals surface area contributed by atoms with Gasteiger partial charge in [-0.1, -0.05) is 78.9 Å². The van der Waals surface area contributed by atoms with E-state index in [0.29, 0.717) is 0 Å². The van der Waals surface area contributed by atoms with Crippen molar-refractivity contribution in [2.24, 2.45) is 0 Å². The van der Waals surface area contributed by atoms with E-state index in [-0.39, 0.29) is 0 Å². The fraction of sp³-hybridized carbons (Fsp3) is 0. The van der Waals surface area contributed by atoms with E-state index in [1.54, 1.807) is 0 Å². The van der Waals surface area contributed by atoms with Crippen LogP contribution < -0.4 is 0 Å². The highest BCUT2D eigenvalue weighted by molar-refractivity contribution is 6.25. The second kappa shape index (κ2) is 7.50. The molecular weight excluding hydrogens is 412 g/mol. The Hall–Kier alpha value is -4.56. The maximum absolute atomic E-state index is 4.90. The first kappa shape index (κ1) is 19.0. The second-order valence-corrected chi connectivity index (χ2v) is 8.70. The molecule has 5 aromatic carbocycles. The fourth-order valence-electron chi connectivity index (χ4n) is 5.06. The number of hydrogen-bond donors (Lipinski definition) is 0. The number of fused-ring (bicyclic) bond motifs is 7. The standard InChI is InChI=1S/C32H20N2/c1-4-11-31-21(6-1)13-15-32(34-31)24-8-5-7-22(18-24)23-12-14-27-25-9-2-3-10-26(25)28-16-17-33-20-30(28)29(27)19-23/h1-20H. The lowest BCUT2D eigenvalue weighted by molar-refractivity contribution is 1.37. The first-order valence-electron chi connectivity index (χ1n) is 11.5. The molecule has 0 saturated heterocycles. The van der Waals surface area contributed by atoms with Gasteiger partial charge in [-0.15, -0.1) is 0 Å². The molecule has 0 aliphatic rings. The number of benzene rings is 5. The Bertz CT molecular complexity index is 1830. The van der Waals surface area contributed by atoms with Crippen LogP contribution in [-0.2, 0) is 0 Å². The smallest absolute Gasteiger partial charge is 0.0709 e. The highest BCUT2D eigenvalue weighted by atomic mass is 14.7. The monoisotopic (exact) mass is 432 g/mol. The summed E-state index contributed by atoms with van der Waals surface area (Å²) in [7, 11) is 0. The van der Waals surface area contributed by atoms with Gasteiger partial charge in [-0.2, -0.15) is 0 Å². The fourth-order valence-corrected chi connectivity index (χ4v) is 5.06. The van der Waals surface area contributed by atoms with Crippen molar-refractivity contribution in [1.82, 2.24) is 9.97 Å². The third-order valence-electron chi connectivity index (χ3n) is 6.73. The van der Waals surface area contributed by atoms with Gasteiger partial charge in [0.05, 0.1) is 11.2 Å². The molecular formula is C32H20N2. The van der Waals surface area contributed by atoms with Crippen LogP contribution >= 0.6 is 0 Å². The lowest BCUT2D eigenvalue weighted by Gasteiger charge is -2.12. The Morgan fingerprint density at radius 1 is 0.441 bits per heavy atom. The van der Waals surface area contributed by atoms with Crippen molar-refractivity contribution in [2.45, 2.75) is 0 Å². The maximum atomic E-state index is 4.90. The summed E-state index contributed by atoms with van der Waals surface area (Å²) >= 11 is 0. The maximum Gasteiger partial charge on any atom is 0.0709 e. The van der Waals surface area contributed by atoms with E-state index < -0.39 is 0 Å². The SMILES string of the molecule is c1cc(-c2ccc3c4ccccc4c4ccncc4c3c2)cc(-c2ccc3ccccc3n2)c1. The minimum atomic E-state index is 0.988. The molecule has 0 bridgehead atoms. The summed E-state index contributed by atoms with van der Waals surface area (Å²) in [5, 5.41) is 8.61. The molecule has 7 rings (SSSR count). The summed E-state index contributed by atoms with van der Waals surface area (Å²) in [5.41, 5.74) is 5.49. The van der Waals surface area contributed by atoms with Crippen LogP contribution in [0.1, 0.15) is 0 Å². The molecule has 7 aromatic rings. The van der Waals surface area contributed by atoms with Gasteiger partial charge in [0.2, 0.25) is 0 Å². The van der Waals surface area contributed by atoms with Gasteiger partial charge in [0, 0.05) is 28.7 Å². The lowest BCUT2D eigenvalue weighted by Crippen LogP contribution is -1.88. The van der Waals surface area contributed by atoms with Gasteiger partial charge in [-0.3, -0.25) is 4.98 Å². The van der Waals surface area contributed by atoms with Gasteiger partial charge in [0.25, 0.3) is 0 Å². The van der Waals surface area contributed by atoms with Crippen LogP contribution in [-0.4, -0.2) is 9.97 Å². The topological polar surface area (TPSA) is 25.8 Å². The van der Waals surface area contributed by atoms with E-state index in [4.69, 9.17) is 4.98 Å². The van der Waals surface area contributed by atoms with Crippen molar-refractivity contribution in [3.8, 4) is 22.4 Å². The molecule has 0 saturated carbocycles. The molecule has 0 spiro atoms. The largest absolute Gasteiger partial charge is 0.264 e. The van der Waals surface area contributed by atoms with Gasteiger partial charge in [0.1, 0.15) is 0 Å². The zero-order valence-electron chi connectivity index (χ0n) is 18.4. The summed E-state index contributed by atoms with van der Waals surface area (Å²) in [6.45, 7) is 0. The predicted molar refractivity (Wildman–Crippen MR) is 143 cm³/mol. The van der Waals surface area contributed by atoms with Gasteiger partial charge in [0.15, 0.2) is 0 Å². The average molecular weight is 433 g/mol. The number of aromatic nitrogens is 2. The molecule has 0 fully saturated rings. The third-order valence-corrected chi connectivity index (χ3v) is 6.73. The molecule has 158 valence electrons. The van der Waals surface area contributed by atoms with E-state index in [0.717, 1.165) is 22.2 Å². The van der Waals surface area contributed by atoms with Crippen molar-refractivity contribution in [2.75, 3.05) is 0 Å². The molecule has 0 atom stereocenters. The first-order valence-corrected chi connectivity index (χ1v) is 11.5. The van der Waals surface area contributed by atoms with Crippen molar-refractivity contribution < 1.29 is 0 Å². The summed E-state index contributed by atoms with van der Waals surface area (Å²) in [6, 6.07) is 38.7. The van der Waals surface area contributed by atoms with Crippen LogP contribution in [0, 0.1) is 0 Å². The van der Waals surface area contributed by atoms with Crippen LogP contribution in [0.4, 0.5) is 0 Å². The molecule has 0 N–H and O–H groups in total. The number of para-hydroxylation sites is 1. The number of pyridine rings is 2. The average Bonchev–Trinajstić information content (AvgIpc) is 2.93. The highest BCUT2D eigenvalue weighted by Crippen LogP contribution is 2.37. The quantitative estimate of drug-likeness (QED) is 0.256. The zero-order valence-corrected chi connectivity index (χ0v) is 18.4. The Morgan fingerprint density at radius 3 is 2.09 bits per heavy atom. The molecule has 0 radical (unpaired) electrons. The van der Waals surface area contributed by atoms with E-state index in [1.807, 2.05) is 24.5 Å². The summed E-state index contributed by atoms with van der Waals surface area (Å²) in [4.78, 5) is 9.34. The summed E-state index contributed by atoms with van der Waals surface area (Å²) in [5.74, 6) is 0. The lowest BCUT2D eigenvalue weighted by atomic mass is 9.92. The van der Waals surface area contributed by atoms with Gasteiger partial charge < -0.3 is 0 Å². The third kappa shape index (κ3) is 2.96. The van der Waals surface area contributed by atoms with E-state index >= 15 is 0 Å². The number of hydrogen-bond acceptors (Lipinski definition) is 2. The van der Waals surface area contributed by atoms with E-state index in [2.05, 4.69) is 102 Å². The van der Waals surface area contributed by atoms with Crippen LogP contribution in [0.15, 0.2) is 122 Å². The molecule has 2 heterocycles. The minimum absolute atomic E-state index is 0.988. The van der Waals surface area contributed by atoms with Crippen LogP contribution in [0.3, 0.4) is 0 Å². The molecule has 2 aromatic heterocycles. The van der Waals surface area contributed by atoms with Gasteiger partial charge in [-0.25, -0.2) is 4.98 Å². The first-order chi connectivity index (χ1) is 16.8. The van der Waals surface area contributed by atoms with Crippen molar-refractivity contribution in [3.05, 3.63) is 122 Å². The minimum Gasteiger partial charge on any atom is -0.264 e. The van der Waals surface area contributed by atoms with Crippen LogP contribution in [0.2, 0.25) is 0 Å². The van der Waals surface area contributed by atoms with E-state index in [1.165, 1.54) is 43.4 Å². The Labute approximate surface area is 197 Å². The Balaban J connectivity index is 1.42. The summed E-state index contributed by atoms with van der Waals surface area (Å²) in [6.07, 6.45) is 3.87.